The molecule has 1 atom stereocenters. The predicted octanol–water partition coefficient (Wildman–Crippen LogP) is 2.99. The maximum atomic E-state index is 13.1. The van der Waals surface area contributed by atoms with Crippen LogP contribution in [0, 0.1) is 12.7 Å². The first-order valence-corrected chi connectivity index (χ1v) is 7.03. The van der Waals surface area contributed by atoms with E-state index in [0.29, 0.717) is 12.2 Å². The van der Waals surface area contributed by atoms with Gasteiger partial charge in [-0.1, -0.05) is 19.9 Å². The van der Waals surface area contributed by atoms with Crippen molar-refractivity contribution in [2.24, 2.45) is 0 Å². The molecule has 0 saturated carbocycles. The molecule has 112 valence electrons. The zero-order chi connectivity index (χ0) is 15.1. The lowest BCUT2D eigenvalue weighted by atomic mass is 10.2. The molecule has 2 amide bonds. The number of hydrogen-bond donors (Lipinski definition) is 2. The molecule has 2 N–H and O–H groups in total. The highest BCUT2D eigenvalue weighted by Crippen LogP contribution is 2.15. The van der Waals surface area contributed by atoms with E-state index >= 15 is 0 Å². The number of carbonyl (C=O) groups is 1. The molecule has 5 heteroatoms. The molecule has 0 spiro atoms. The largest absolute Gasteiger partial charge is 0.336 e. The third-order valence-corrected chi connectivity index (χ3v) is 3.44. The standard InChI is InChI=1S/C15H24FN3O/c1-5-19(6-2)12(4)10-17-15(20)18-14-9-13(16)8-7-11(14)3/h7-9,12H,5-6,10H2,1-4H3,(H2,17,18,20)/t12-/m1/s1. The maximum absolute atomic E-state index is 13.1. The number of urea groups is 1. The molecule has 0 fully saturated rings. The van der Waals surface area contributed by atoms with Crippen molar-refractivity contribution < 1.29 is 9.18 Å². The molecule has 4 nitrogen and oxygen atoms in total. The van der Waals surface area contributed by atoms with Gasteiger partial charge in [-0.05, 0) is 44.6 Å². The maximum Gasteiger partial charge on any atom is 0.319 e. The van der Waals surface area contributed by atoms with Crippen LogP contribution in [0.1, 0.15) is 26.3 Å². The summed E-state index contributed by atoms with van der Waals surface area (Å²) in [7, 11) is 0. The molecule has 0 aromatic heterocycles. The van der Waals surface area contributed by atoms with E-state index in [1.54, 1.807) is 6.07 Å². The van der Waals surface area contributed by atoms with Gasteiger partial charge in [-0.15, -0.1) is 0 Å². The fourth-order valence-electron chi connectivity index (χ4n) is 2.11. The summed E-state index contributed by atoms with van der Waals surface area (Å²) in [5.74, 6) is -0.359. The van der Waals surface area contributed by atoms with Crippen molar-refractivity contribution in [3.8, 4) is 0 Å². The number of nitrogens with one attached hydrogen (secondary N) is 2. The molecule has 1 rings (SSSR count). The highest BCUT2D eigenvalue weighted by atomic mass is 19.1. The third-order valence-electron chi connectivity index (χ3n) is 3.44. The minimum atomic E-state index is -0.359. The second-order valence-electron chi connectivity index (χ2n) is 4.86. The number of benzene rings is 1. The van der Waals surface area contributed by atoms with E-state index in [2.05, 4.69) is 36.3 Å². The molecule has 20 heavy (non-hydrogen) atoms. The number of halogens is 1. The van der Waals surface area contributed by atoms with E-state index in [1.807, 2.05) is 6.92 Å². The smallest absolute Gasteiger partial charge is 0.319 e. The van der Waals surface area contributed by atoms with Gasteiger partial charge in [-0.2, -0.15) is 0 Å². The monoisotopic (exact) mass is 281 g/mol. The highest BCUT2D eigenvalue weighted by Gasteiger charge is 2.11. The Kier molecular flexibility index (Phi) is 6.45. The minimum absolute atomic E-state index is 0.268. The summed E-state index contributed by atoms with van der Waals surface area (Å²) < 4.78 is 13.1. The molecule has 0 radical (unpaired) electrons. The first kappa shape index (κ1) is 16.4. The Labute approximate surface area is 120 Å². The molecule has 0 unspecified atom stereocenters. The van der Waals surface area contributed by atoms with Gasteiger partial charge in [0.2, 0.25) is 0 Å². The number of rotatable bonds is 6. The lowest BCUT2D eigenvalue weighted by Gasteiger charge is -2.26. The third kappa shape index (κ3) is 4.81. The molecule has 0 heterocycles. The molecule has 0 aliphatic carbocycles. The minimum Gasteiger partial charge on any atom is -0.336 e. The van der Waals surface area contributed by atoms with E-state index in [9.17, 15) is 9.18 Å². The Morgan fingerprint density at radius 2 is 2.00 bits per heavy atom. The second kappa shape index (κ2) is 7.85. The SMILES string of the molecule is CCN(CC)[C@H](C)CNC(=O)Nc1cc(F)ccc1C. The summed E-state index contributed by atoms with van der Waals surface area (Å²) in [6.07, 6.45) is 0. The van der Waals surface area contributed by atoms with Crippen molar-refractivity contribution in [1.29, 1.82) is 0 Å². The topological polar surface area (TPSA) is 44.4 Å². The van der Waals surface area contributed by atoms with Gasteiger partial charge in [0.1, 0.15) is 5.82 Å². The lowest BCUT2D eigenvalue weighted by molar-refractivity contribution is 0.220. The summed E-state index contributed by atoms with van der Waals surface area (Å²) in [6.45, 7) is 10.5. The van der Waals surface area contributed by atoms with Crippen LogP contribution in [0.15, 0.2) is 18.2 Å². The van der Waals surface area contributed by atoms with Crippen molar-refractivity contribution in [2.45, 2.75) is 33.7 Å². The summed E-state index contributed by atoms with van der Waals surface area (Å²) in [5, 5.41) is 5.49. The predicted molar refractivity (Wildman–Crippen MR) is 80.5 cm³/mol. The number of nitrogens with zero attached hydrogens (tertiary/aromatic N) is 1. The first-order chi connectivity index (χ1) is 9.47. The zero-order valence-corrected chi connectivity index (χ0v) is 12.7. The normalized spacial score (nSPS) is 12.3. The molecule has 0 aliphatic rings. The van der Waals surface area contributed by atoms with Gasteiger partial charge in [-0.3, -0.25) is 4.90 Å². The Balaban J connectivity index is 2.50. The Hall–Kier alpha value is -1.62. The van der Waals surface area contributed by atoms with Crippen LogP contribution in [-0.4, -0.2) is 36.6 Å². The number of anilines is 1. The van der Waals surface area contributed by atoms with Crippen LogP contribution in [0.4, 0.5) is 14.9 Å². The second-order valence-corrected chi connectivity index (χ2v) is 4.86. The van der Waals surface area contributed by atoms with E-state index < -0.39 is 0 Å². The molecular weight excluding hydrogens is 257 g/mol. The number of carbonyl (C=O) groups excluding carboxylic acids is 1. The van der Waals surface area contributed by atoms with Crippen molar-refractivity contribution in [3.05, 3.63) is 29.6 Å². The molecular formula is C15H24FN3O. The van der Waals surface area contributed by atoms with Gasteiger partial charge in [0.15, 0.2) is 0 Å². The number of aryl methyl sites for hydroxylation is 1. The van der Waals surface area contributed by atoms with Gasteiger partial charge in [0.05, 0.1) is 0 Å². The van der Waals surface area contributed by atoms with Crippen LogP contribution in [0.25, 0.3) is 0 Å². The molecule has 0 aliphatic heterocycles. The number of amides is 2. The quantitative estimate of drug-likeness (QED) is 0.842. The summed E-state index contributed by atoms with van der Waals surface area (Å²) in [4.78, 5) is 14.1. The molecule has 0 bridgehead atoms. The van der Waals surface area contributed by atoms with Crippen LogP contribution in [0.5, 0.6) is 0 Å². The van der Waals surface area contributed by atoms with Gasteiger partial charge in [0.25, 0.3) is 0 Å². The van der Waals surface area contributed by atoms with Crippen LogP contribution >= 0.6 is 0 Å². The van der Waals surface area contributed by atoms with Crippen molar-refractivity contribution >= 4 is 11.7 Å². The summed E-state index contributed by atoms with van der Waals surface area (Å²) in [5.41, 5.74) is 1.33. The Morgan fingerprint density at radius 3 is 2.60 bits per heavy atom. The number of hydrogen-bond acceptors (Lipinski definition) is 2. The van der Waals surface area contributed by atoms with Gasteiger partial charge in [-0.25, -0.2) is 9.18 Å². The van der Waals surface area contributed by atoms with Gasteiger partial charge < -0.3 is 10.6 Å². The van der Waals surface area contributed by atoms with E-state index in [1.165, 1.54) is 12.1 Å². The van der Waals surface area contributed by atoms with E-state index in [4.69, 9.17) is 0 Å². The van der Waals surface area contributed by atoms with Crippen LogP contribution in [0.3, 0.4) is 0 Å². The Bertz CT molecular complexity index is 447. The average molecular weight is 281 g/mol. The number of likely N-dealkylation sites (N-methyl/N-ethyl adjacent to an activating group) is 1. The highest BCUT2D eigenvalue weighted by molar-refractivity contribution is 5.90. The van der Waals surface area contributed by atoms with Crippen LogP contribution in [0.2, 0.25) is 0 Å². The van der Waals surface area contributed by atoms with Crippen molar-refractivity contribution in [1.82, 2.24) is 10.2 Å². The van der Waals surface area contributed by atoms with Crippen LogP contribution in [-0.2, 0) is 0 Å². The fraction of sp³-hybridized carbons (Fsp3) is 0.533. The van der Waals surface area contributed by atoms with Gasteiger partial charge >= 0.3 is 6.03 Å². The average Bonchev–Trinajstić information content (AvgIpc) is 2.42. The molecule has 1 aromatic rings. The molecule has 1 aromatic carbocycles. The lowest BCUT2D eigenvalue weighted by Crippen LogP contribution is -2.43. The molecule has 0 saturated heterocycles. The Morgan fingerprint density at radius 1 is 1.35 bits per heavy atom. The van der Waals surface area contributed by atoms with Crippen LogP contribution < -0.4 is 10.6 Å². The van der Waals surface area contributed by atoms with E-state index in [-0.39, 0.29) is 17.9 Å². The van der Waals surface area contributed by atoms with Gasteiger partial charge in [0, 0.05) is 18.3 Å². The fourth-order valence-corrected chi connectivity index (χ4v) is 2.11. The summed E-state index contributed by atoms with van der Waals surface area (Å²) in [6, 6.07) is 4.30. The zero-order valence-electron chi connectivity index (χ0n) is 12.7. The van der Waals surface area contributed by atoms with E-state index in [0.717, 1.165) is 18.7 Å². The van der Waals surface area contributed by atoms with Crippen molar-refractivity contribution in [3.63, 3.8) is 0 Å². The van der Waals surface area contributed by atoms with Crippen molar-refractivity contribution in [2.75, 3.05) is 25.0 Å². The first-order valence-electron chi connectivity index (χ1n) is 7.03. The summed E-state index contributed by atoms with van der Waals surface area (Å²) >= 11 is 0.